The van der Waals surface area contributed by atoms with E-state index in [1.54, 1.807) is 16.7 Å². The van der Waals surface area contributed by atoms with Gasteiger partial charge in [0.05, 0.1) is 12.0 Å². The topological polar surface area (TPSA) is 40.5 Å². The van der Waals surface area contributed by atoms with Crippen LogP contribution in [0.2, 0.25) is 0 Å². The molecule has 1 N–H and O–H groups in total. The van der Waals surface area contributed by atoms with Crippen LogP contribution < -0.4 is 0 Å². The maximum atomic E-state index is 11.7. The summed E-state index contributed by atoms with van der Waals surface area (Å²) in [6.07, 6.45) is 6.26. The molecule has 1 aliphatic rings. The predicted molar refractivity (Wildman–Crippen MR) is 63.7 cm³/mol. The van der Waals surface area contributed by atoms with E-state index < -0.39 is 0 Å². The highest BCUT2D eigenvalue weighted by Crippen LogP contribution is 2.27. The number of thioether (sulfide) groups is 1. The summed E-state index contributed by atoms with van der Waals surface area (Å²) < 4.78 is 0. The van der Waals surface area contributed by atoms with E-state index >= 15 is 0 Å². The molecule has 1 saturated carbocycles. The molecule has 15 heavy (non-hydrogen) atoms. The first kappa shape index (κ1) is 12.8. The maximum absolute atomic E-state index is 11.7. The number of hydrogen-bond acceptors (Lipinski definition) is 3. The van der Waals surface area contributed by atoms with Gasteiger partial charge in [-0.05, 0) is 37.9 Å². The number of aliphatic hydroxyl groups is 1. The Hall–Kier alpha value is -0.220. The molecule has 1 aliphatic carbocycles. The standard InChI is InChI=1S/C11H21NO2S/c1-12(8-15-2)11(14)7-9-3-5-10(13)6-4-9/h9-10,13H,3-8H2,1-2H3. The normalized spacial score (nSPS) is 26.3. The molecule has 1 fully saturated rings. The highest BCUT2D eigenvalue weighted by molar-refractivity contribution is 7.98. The van der Waals surface area contributed by atoms with E-state index in [9.17, 15) is 9.90 Å². The Kier molecular flexibility index (Phi) is 5.47. The molecule has 0 unspecified atom stereocenters. The van der Waals surface area contributed by atoms with Gasteiger partial charge in [-0.1, -0.05) is 0 Å². The first-order chi connectivity index (χ1) is 7.13. The van der Waals surface area contributed by atoms with Crippen LogP contribution in [0.5, 0.6) is 0 Å². The van der Waals surface area contributed by atoms with Gasteiger partial charge >= 0.3 is 0 Å². The monoisotopic (exact) mass is 231 g/mol. The first-order valence-corrected chi connectivity index (χ1v) is 6.93. The van der Waals surface area contributed by atoms with E-state index in [0.29, 0.717) is 12.3 Å². The second-order valence-electron chi connectivity index (χ2n) is 4.39. The van der Waals surface area contributed by atoms with Gasteiger partial charge in [0.15, 0.2) is 0 Å². The van der Waals surface area contributed by atoms with E-state index in [1.165, 1.54) is 0 Å². The number of nitrogens with zero attached hydrogens (tertiary/aromatic N) is 1. The van der Waals surface area contributed by atoms with E-state index in [-0.39, 0.29) is 12.0 Å². The van der Waals surface area contributed by atoms with E-state index in [2.05, 4.69) is 0 Å². The lowest BCUT2D eigenvalue weighted by Gasteiger charge is -2.26. The van der Waals surface area contributed by atoms with Crippen molar-refractivity contribution in [2.45, 2.75) is 38.2 Å². The van der Waals surface area contributed by atoms with Crippen molar-refractivity contribution >= 4 is 17.7 Å². The van der Waals surface area contributed by atoms with Gasteiger partial charge in [-0.25, -0.2) is 0 Å². The molecule has 1 amide bonds. The molecule has 0 aromatic heterocycles. The van der Waals surface area contributed by atoms with Gasteiger partial charge in [-0.3, -0.25) is 4.79 Å². The largest absolute Gasteiger partial charge is 0.393 e. The lowest BCUT2D eigenvalue weighted by atomic mass is 9.85. The molecule has 88 valence electrons. The summed E-state index contributed by atoms with van der Waals surface area (Å²) in [5, 5.41) is 9.36. The fourth-order valence-electron chi connectivity index (χ4n) is 2.02. The minimum Gasteiger partial charge on any atom is -0.393 e. The summed E-state index contributed by atoms with van der Waals surface area (Å²) in [4.78, 5) is 13.5. The highest BCUT2D eigenvalue weighted by Gasteiger charge is 2.22. The van der Waals surface area contributed by atoms with Crippen molar-refractivity contribution in [3.63, 3.8) is 0 Å². The van der Waals surface area contributed by atoms with Crippen molar-refractivity contribution in [2.24, 2.45) is 5.92 Å². The van der Waals surface area contributed by atoms with Gasteiger partial charge in [0.25, 0.3) is 0 Å². The molecule has 0 bridgehead atoms. The zero-order chi connectivity index (χ0) is 11.3. The number of hydrogen-bond donors (Lipinski definition) is 1. The molecule has 0 aromatic rings. The third kappa shape index (κ3) is 4.43. The fraction of sp³-hybridized carbons (Fsp3) is 0.909. The van der Waals surface area contributed by atoms with Gasteiger partial charge in [-0.15, -0.1) is 11.8 Å². The van der Waals surface area contributed by atoms with Crippen molar-refractivity contribution in [1.82, 2.24) is 4.90 Å². The quantitative estimate of drug-likeness (QED) is 0.749. The minimum absolute atomic E-state index is 0.125. The average molecular weight is 231 g/mol. The van der Waals surface area contributed by atoms with Gasteiger partial charge in [-0.2, -0.15) is 0 Å². The summed E-state index contributed by atoms with van der Waals surface area (Å²) >= 11 is 1.67. The number of aliphatic hydroxyl groups excluding tert-OH is 1. The summed E-state index contributed by atoms with van der Waals surface area (Å²) in [5.41, 5.74) is 0. The third-order valence-corrected chi connectivity index (χ3v) is 3.67. The second kappa shape index (κ2) is 6.38. The Bertz CT molecular complexity index is 203. The number of carbonyl (C=O) groups excluding carboxylic acids is 1. The molecule has 0 saturated heterocycles. The Morgan fingerprint density at radius 3 is 2.53 bits per heavy atom. The van der Waals surface area contributed by atoms with Crippen LogP contribution in [-0.4, -0.2) is 41.2 Å². The lowest BCUT2D eigenvalue weighted by molar-refractivity contribution is -0.130. The Labute approximate surface area is 96.2 Å². The van der Waals surface area contributed by atoms with Crippen molar-refractivity contribution in [3.05, 3.63) is 0 Å². The smallest absolute Gasteiger partial charge is 0.223 e. The summed E-state index contributed by atoms with van der Waals surface area (Å²) in [5.74, 6) is 1.50. The molecular weight excluding hydrogens is 210 g/mol. The number of rotatable bonds is 4. The second-order valence-corrected chi connectivity index (χ2v) is 5.22. The molecule has 0 aliphatic heterocycles. The van der Waals surface area contributed by atoms with Crippen molar-refractivity contribution < 1.29 is 9.90 Å². The van der Waals surface area contributed by atoms with E-state index in [1.807, 2.05) is 13.3 Å². The van der Waals surface area contributed by atoms with Gasteiger partial charge in [0, 0.05) is 13.5 Å². The Morgan fingerprint density at radius 1 is 1.40 bits per heavy atom. The molecule has 0 atom stereocenters. The van der Waals surface area contributed by atoms with Crippen LogP contribution in [0.1, 0.15) is 32.1 Å². The Balaban J connectivity index is 2.25. The van der Waals surface area contributed by atoms with E-state index in [0.717, 1.165) is 31.6 Å². The SMILES string of the molecule is CSCN(C)C(=O)CC1CCC(O)CC1. The molecule has 0 spiro atoms. The van der Waals surface area contributed by atoms with Crippen LogP contribution in [0.3, 0.4) is 0 Å². The lowest BCUT2D eigenvalue weighted by Crippen LogP contribution is -2.29. The zero-order valence-corrected chi connectivity index (χ0v) is 10.4. The number of amides is 1. The van der Waals surface area contributed by atoms with Crippen molar-refractivity contribution in [2.75, 3.05) is 19.2 Å². The molecule has 3 nitrogen and oxygen atoms in total. The van der Waals surface area contributed by atoms with Crippen molar-refractivity contribution in [1.29, 1.82) is 0 Å². The minimum atomic E-state index is -0.125. The van der Waals surface area contributed by atoms with Crippen molar-refractivity contribution in [3.8, 4) is 0 Å². The van der Waals surface area contributed by atoms with Gasteiger partial charge in [0.2, 0.25) is 5.91 Å². The summed E-state index contributed by atoms with van der Waals surface area (Å²) in [7, 11) is 1.86. The molecule has 0 aromatic carbocycles. The van der Waals surface area contributed by atoms with Crippen LogP contribution in [-0.2, 0) is 4.79 Å². The van der Waals surface area contributed by atoms with E-state index in [4.69, 9.17) is 0 Å². The summed E-state index contributed by atoms with van der Waals surface area (Å²) in [6.45, 7) is 0. The molecular formula is C11H21NO2S. The maximum Gasteiger partial charge on any atom is 0.223 e. The fourth-order valence-corrected chi connectivity index (χ4v) is 2.55. The molecule has 1 rings (SSSR count). The molecule has 4 heteroatoms. The predicted octanol–water partition coefficient (Wildman–Crippen LogP) is 1.71. The average Bonchev–Trinajstić information content (AvgIpc) is 2.22. The first-order valence-electron chi connectivity index (χ1n) is 5.54. The van der Waals surface area contributed by atoms with Crippen LogP contribution in [0, 0.1) is 5.92 Å². The number of carbonyl (C=O) groups is 1. The van der Waals surface area contributed by atoms with Gasteiger partial charge < -0.3 is 10.0 Å². The van der Waals surface area contributed by atoms with Crippen LogP contribution in [0.4, 0.5) is 0 Å². The third-order valence-electron chi connectivity index (χ3n) is 3.03. The Morgan fingerprint density at radius 2 is 2.00 bits per heavy atom. The van der Waals surface area contributed by atoms with Crippen LogP contribution >= 0.6 is 11.8 Å². The van der Waals surface area contributed by atoms with Gasteiger partial charge in [0.1, 0.15) is 0 Å². The zero-order valence-electron chi connectivity index (χ0n) is 9.61. The van der Waals surface area contributed by atoms with Crippen LogP contribution in [0.15, 0.2) is 0 Å². The molecule has 0 radical (unpaired) electrons. The summed E-state index contributed by atoms with van der Waals surface area (Å²) in [6, 6.07) is 0. The van der Waals surface area contributed by atoms with Crippen LogP contribution in [0.25, 0.3) is 0 Å². The highest BCUT2D eigenvalue weighted by atomic mass is 32.2. The molecule has 0 heterocycles.